The number of hydrogen-bond acceptors (Lipinski definition) is 7. The Balaban J connectivity index is 1.95. The highest BCUT2D eigenvalue weighted by molar-refractivity contribution is 6.06. The molecule has 0 saturated heterocycles. The number of aryl methyl sites for hydroxylation is 1. The van der Waals surface area contributed by atoms with Crippen LogP contribution in [0.3, 0.4) is 0 Å². The van der Waals surface area contributed by atoms with Gasteiger partial charge >= 0.3 is 11.9 Å². The van der Waals surface area contributed by atoms with Gasteiger partial charge in [0.25, 0.3) is 0 Å². The molecule has 1 heterocycles. The van der Waals surface area contributed by atoms with E-state index < -0.39 is 17.9 Å². The van der Waals surface area contributed by atoms with Crippen molar-refractivity contribution in [2.45, 2.75) is 12.8 Å². The quantitative estimate of drug-likeness (QED) is 0.535. The van der Waals surface area contributed by atoms with E-state index in [0.717, 1.165) is 16.7 Å². The maximum Gasteiger partial charge on any atom is 0.355 e. The number of carbonyl (C=O) groups excluding carboxylic acids is 2. The molecule has 1 unspecified atom stereocenters. The topological polar surface area (TPSA) is 106 Å². The van der Waals surface area contributed by atoms with Crippen molar-refractivity contribution in [3.05, 3.63) is 113 Å². The highest BCUT2D eigenvalue weighted by atomic mass is 16.5. The van der Waals surface area contributed by atoms with Crippen LogP contribution in [0, 0.1) is 18.3 Å². The lowest BCUT2D eigenvalue weighted by Crippen LogP contribution is -2.40. The molecule has 0 radical (unpaired) electrons. The number of nitriles is 1. The van der Waals surface area contributed by atoms with E-state index in [-0.39, 0.29) is 22.7 Å². The van der Waals surface area contributed by atoms with Crippen LogP contribution in [0.2, 0.25) is 0 Å². The number of ether oxygens (including phenoxy) is 2. The normalized spacial score (nSPS) is 15.4. The molecule has 1 aliphatic rings. The van der Waals surface area contributed by atoms with Crippen LogP contribution >= 0.6 is 0 Å². The van der Waals surface area contributed by atoms with Gasteiger partial charge in [-0.25, -0.2) is 9.59 Å². The zero-order valence-corrected chi connectivity index (χ0v) is 20.2. The Morgan fingerprint density at radius 2 is 1.50 bits per heavy atom. The Bertz CT molecular complexity index is 1420. The Kier molecular flexibility index (Phi) is 6.88. The molecule has 4 rings (SSSR count). The van der Waals surface area contributed by atoms with E-state index in [1.165, 1.54) is 19.1 Å². The van der Waals surface area contributed by atoms with E-state index in [2.05, 4.69) is 6.07 Å². The molecule has 0 aliphatic carbocycles. The average molecular weight is 480 g/mol. The first-order chi connectivity index (χ1) is 17.4. The SMILES string of the molecule is COC(=O)C1=C(C(=O)OC)N(c2ccc(-c3ccccc3C)cc2)C(N)=C(C#N)C1c1ccccc1. The minimum Gasteiger partial charge on any atom is -0.466 e. The molecule has 7 nitrogen and oxygen atoms in total. The van der Waals surface area contributed by atoms with E-state index in [1.807, 2.05) is 49.4 Å². The second kappa shape index (κ2) is 10.2. The van der Waals surface area contributed by atoms with Gasteiger partial charge in [0, 0.05) is 5.69 Å². The van der Waals surface area contributed by atoms with E-state index in [0.29, 0.717) is 11.3 Å². The van der Waals surface area contributed by atoms with Crippen molar-refractivity contribution in [3.63, 3.8) is 0 Å². The molecular weight excluding hydrogens is 454 g/mol. The predicted octanol–water partition coefficient (Wildman–Crippen LogP) is 4.56. The predicted molar refractivity (Wildman–Crippen MR) is 136 cm³/mol. The van der Waals surface area contributed by atoms with E-state index in [4.69, 9.17) is 15.2 Å². The summed E-state index contributed by atoms with van der Waals surface area (Å²) in [7, 11) is 2.45. The number of esters is 2. The van der Waals surface area contributed by atoms with Crippen molar-refractivity contribution >= 4 is 17.6 Å². The van der Waals surface area contributed by atoms with Gasteiger partial charge in [-0.1, -0.05) is 66.7 Å². The molecule has 36 heavy (non-hydrogen) atoms. The van der Waals surface area contributed by atoms with E-state index in [1.54, 1.807) is 36.4 Å². The molecule has 0 saturated carbocycles. The summed E-state index contributed by atoms with van der Waals surface area (Å²) in [6.07, 6.45) is 0. The molecule has 0 bridgehead atoms. The summed E-state index contributed by atoms with van der Waals surface area (Å²) in [4.78, 5) is 27.6. The van der Waals surface area contributed by atoms with Gasteiger partial charge in [-0.3, -0.25) is 4.90 Å². The number of carbonyl (C=O) groups is 2. The number of rotatable bonds is 5. The number of allylic oxidation sites excluding steroid dienone is 1. The van der Waals surface area contributed by atoms with Crippen LogP contribution in [-0.4, -0.2) is 26.2 Å². The summed E-state index contributed by atoms with van der Waals surface area (Å²) >= 11 is 0. The Labute approximate surface area is 209 Å². The van der Waals surface area contributed by atoms with Crippen molar-refractivity contribution in [1.29, 1.82) is 5.26 Å². The number of hydrogen-bond donors (Lipinski definition) is 1. The van der Waals surface area contributed by atoms with Crippen LogP contribution in [0.25, 0.3) is 11.1 Å². The summed E-state index contributed by atoms with van der Waals surface area (Å²) in [5.74, 6) is -2.41. The molecule has 3 aromatic rings. The molecule has 0 spiro atoms. The molecule has 2 N–H and O–H groups in total. The lowest BCUT2D eigenvalue weighted by molar-refractivity contribution is -0.139. The van der Waals surface area contributed by atoms with Gasteiger partial charge in [0.05, 0.1) is 37.4 Å². The number of methoxy groups -OCH3 is 2. The molecule has 1 atom stereocenters. The summed E-state index contributed by atoms with van der Waals surface area (Å²) in [6.45, 7) is 2.03. The molecule has 1 aliphatic heterocycles. The van der Waals surface area contributed by atoms with Gasteiger partial charge in [0.15, 0.2) is 0 Å². The number of nitrogens with two attached hydrogens (primary N) is 1. The Morgan fingerprint density at radius 3 is 2.08 bits per heavy atom. The van der Waals surface area contributed by atoms with Crippen LogP contribution in [0.1, 0.15) is 17.0 Å². The van der Waals surface area contributed by atoms with E-state index in [9.17, 15) is 14.9 Å². The number of anilines is 1. The number of benzene rings is 3. The second-order valence-corrected chi connectivity index (χ2v) is 8.20. The third kappa shape index (κ3) is 4.21. The highest BCUT2D eigenvalue weighted by Crippen LogP contribution is 2.43. The third-order valence-corrected chi connectivity index (χ3v) is 6.19. The van der Waals surface area contributed by atoms with Crippen LogP contribution in [0.4, 0.5) is 5.69 Å². The smallest absolute Gasteiger partial charge is 0.355 e. The van der Waals surface area contributed by atoms with Crippen LogP contribution in [0.15, 0.2) is 102 Å². The third-order valence-electron chi connectivity index (χ3n) is 6.19. The molecule has 7 heteroatoms. The first-order valence-corrected chi connectivity index (χ1v) is 11.2. The molecule has 0 amide bonds. The van der Waals surface area contributed by atoms with Crippen LogP contribution < -0.4 is 10.6 Å². The second-order valence-electron chi connectivity index (χ2n) is 8.20. The molecular formula is C29H25N3O4. The zero-order chi connectivity index (χ0) is 25.8. The lowest BCUT2D eigenvalue weighted by Gasteiger charge is -2.36. The monoisotopic (exact) mass is 479 g/mol. The lowest BCUT2D eigenvalue weighted by atomic mass is 9.81. The van der Waals surface area contributed by atoms with E-state index >= 15 is 0 Å². The Hall–Kier alpha value is -4.83. The van der Waals surface area contributed by atoms with Gasteiger partial charge in [-0.15, -0.1) is 0 Å². The minimum absolute atomic E-state index is 0.0238. The van der Waals surface area contributed by atoms with Crippen LogP contribution in [-0.2, 0) is 19.1 Å². The van der Waals surface area contributed by atoms with Crippen molar-refractivity contribution in [2.75, 3.05) is 19.1 Å². The maximum absolute atomic E-state index is 13.1. The van der Waals surface area contributed by atoms with Gasteiger partial charge in [-0.05, 0) is 41.3 Å². The number of nitrogens with zero attached hydrogens (tertiary/aromatic N) is 2. The Morgan fingerprint density at radius 1 is 0.889 bits per heavy atom. The summed E-state index contributed by atoms with van der Waals surface area (Å²) in [6, 6.07) is 26.4. The highest BCUT2D eigenvalue weighted by Gasteiger charge is 2.42. The first-order valence-electron chi connectivity index (χ1n) is 11.2. The largest absolute Gasteiger partial charge is 0.466 e. The summed E-state index contributed by atoms with van der Waals surface area (Å²) in [5, 5.41) is 10.1. The molecule has 0 aromatic heterocycles. The summed E-state index contributed by atoms with van der Waals surface area (Å²) < 4.78 is 10.1. The standard InChI is InChI=1S/C29H25N3O4/c1-18-9-7-8-12-22(18)19-13-15-21(16-14-19)32-26(29(34)36-3)25(28(33)35-2)24(23(17-30)27(32)31)20-10-5-4-6-11-20/h4-16,24H,31H2,1-3H3. The van der Waals surface area contributed by atoms with Gasteiger partial charge in [0.1, 0.15) is 11.5 Å². The first kappa shape index (κ1) is 24.3. The van der Waals surface area contributed by atoms with Crippen molar-refractivity contribution in [1.82, 2.24) is 0 Å². The zero-order valence-electron chi connectivity index (χ0n) is 20.2. The van der Waals surface area contributed by atoms with Gasteiger partial charge < -0.3 is 15.2 Å². The fourth-order valence-electron chi connectivity index (χ4n) is 4.47. The fraction of sp³-hybridized carbons (Fsp3) is 0.138. The fourth-order valence-corrected chi connectivity index (χ4v) is 4.47. The van der Waals surface area contributed by atoms with Gasteiger partial charge in [-0.2, -0.15) is 5.26 Å². The average Bonchev–Trinajstić information content (AvgIpc) is 2.92. The molecule has 3 aromatic carbocycles. The van der Waals surface area contributed by atoms with Crippen molar-refractivity contribution in [2.24, 2.45) is 5.73 Å². The maximum atomic E-state index is 13.1. The van der Waals surface area contributed by atoms with Crippen molar-refractivity contribution in [3.8, 4) is 17.2 Å². The van der Waals surface area contributed by atoms with Gasteiger partial charge in [0.2, 0.25) is 0 Å². The molecule has 0 fully saturated rings. The van der Waals surface area contributed by atoms with Crippen LogP contribution in [0.5, 0.6) is 0 Å². The van der Waals surface area contributed by atoms with Crippen molar-refractivity contribution < 1.29 is 19.1 Å². The summed E-state index contributed by atoms with van der Waals surface area (Å²) in [5.41, 5.74) is 10.8. The molecule has 180 valence electrons. The minimum atomic E-state index is -0.903.